The van der Waals surface area contributed by atoms with Crippen LogP contribution in [0.5, 0.6) is 17.2 Å². The number of pyridine rings is 1. The number of rotatable bonds is 10. The molecule has 2 aliphatic rings. The summed E-state index contributed by atoms with van der Waals surface area (Å²) < 4.78 is 24.0. The molecule has 0 bridgehead atoms. The number of aliphatic hydroxyl groups excluding tert-OH is 1. The van der Waals surface area contributed by atoms with Gasteiger partial charge in [-0.2, -0.15) is 4.73 Å². The van der Waals surface area contributed by atoms with Gasteiger partial charge >= 0.3 is 0 Å². The number of aliphatic hydroxyl groups is 1. The van der Waals surface area contributed by atoms with Crippen LogP contribution in [0.25, 0.3) is 0 Å². The van der Waals surface area contributed by atoms with E-state index in [1.54, 1.807) is 19.2 Å². The summed E-state index contributed by atoms with van der Waals surface area (Å²) >= 11 is 0. The van der Waals surface area contributed by atoms with E-state index in [0.29, 0.717) is 42.5 Å². The SMILES string of the molecule is COCCCN1CCOc2ccc(COC3CNCC(O)C3c3ccc(Oc4ccc[n+]([O-])c4)cc3)cc21. The van der Waals surface area contributed by atoms with Gasteiger partial charge in [0, 0.05) is 45.3 Å². The first-order chi connectivity index (χ1) is 18.6. The molecule has 2 N–H and O–H groups in total. The molecule has 5 rings (SSSR count). The molecule has 1 aromatic heterocycles. The van der Waals surface area contributed by atoms with Gasteiger partial charge in [0.1, 0.15) is 18.1 Å². The van der Waals surface area contributed by atoms with Gasteiger partial charge in [-0.3, -0.25) is 0 Å². The lowest BCUT2D eigenvalue weighted by atomic mass is 9.85. The Balaban J connectivity index is 1.25. The molecule has 0 amide bonds. The number of β-amino-alcohol motifs (C(OH)–C–C–N with tert-alkyl or cyclic N) is 1. The second kappa shape index (κ2) is 12.4. The highest BCUT2D eigenvalue weighted by molar-refractivity contribution is 5.61. The number of hydrogen-bond donors (Lipinski definition) is 2. The minimum atomic E-state index is -0.581. The van der Waals surface area contributed by atoms with Gasteiger partial charge in [0.2, 0.25) is 6.20 Å². The first-order valence-electron chi connectivity index (χ1n) is 13.1. The van der Waals surface area contributed by atoms with E-state index in [4.69, 9.17) is 18.9 Å². The number of fused-ring (bicyclic) bond motifs is 1. The van der Waals surface area contributed by atoms with Crippen LogP contribution in [0.3, 0.4) is 0 Å². The Morgan fingerprint density at radius 3 is 2.82 bits per heavy atom. The van der Waals surface area contributed by atoms with Crippen molar-refractivity contribution in [1.29, 1.82) is 0 Å². The highest BCUT2D eigenvalue weighted by Gasteiger charge is 2.34. The zero-order valence-corrected chi connectivity index (χ0v) is 21.6. The normalized spacial score (nSPS) is 21.0. The van der Waals surface area contributed by atoms with Crippen LogP contribution in [0.2, 0.25) is 0 Å². The van der Waals surface area contributed by atoms with Crippen LogP contribution in [-0.2, 0) is 16.1 Å². The average molecular weight is 522 g/mol. The first-order valence-corrected chi connectivity index (χ1v) is 13.1. The van der Waals surface area contributed by atoms with E-state index < -0.39 is 6.10 Å². The molecule has 0 spiro atoms. The maximum absolute atomic E-state index is 11.5. The molecule has 38 heavy (non-hydrogen) atoms. The molecular formula is C29H35N3O6. The smallest absolute Gasteiger partial charge is 0.223 e. The van der Waals surface area contributed by atoms with E-state index in [2.05, 4.69) is 16.3 Å². The summed E-state index contributed by atoms with van der Waals surface area (Å²) in [6, 6.07) is 17.2. The topological polar surface area (TPSA) is 99.4 Å². The summed E-state index contributed by atoms with van der Waals surface area (Å²) in [5.41, 5.74) is 3.13. The third-order valence-corrected chi connectivity index (χ3v) is 6.99. The number of methoxy groups -OCH3 is 1. The van der Waals surface area contributed by atoms with Crippen LogP contribution in [0.1, 0.15) is 23.5 Å². The minimum Gasteiger partial charge on any atom is -0.619 e. The van der Waals surface area contributed by atoms with Crippen molar-refractivity contribution < 1.29 is 28.8 Å². The van der Waals surface area contributed by atoms with Crippen molar-refractivity contribution >= 4 is 5.69 Å². The first kappa shape index (κ1) is 26.2. The maximum atomic E-state index is 11.5. The molecule has 9 heteroatoms. The van der Waals surface area contributed by atoms with Gasteiger partial charge in [0.15, 0.2) is 11.9 Å². The van der Waals surface area contributed by atoms with Crippen molar-refractivity contribution in [3.05, 3.63) is 83.3 Å². The summed E-state index contributed by atoms with van der Waals surface area (Å²) in [7, 11) is 1.73. The highest BCUT2D eigenvalue weighted by Crippen LogP contribution is 2.34. The quantitative estimate of drug-likeness (QED) is 0.239. The van der Waals surface area contributed by atoms with Gasteiger partial charge in [-0.25, -0.2) is 0 Å². The zero-order valence-electron chi connectivity index (χ0n) is 21.6. The standard InChI is InChI=1S/C29H35N3O6/c1-35-14-3-11-31-13-15-36-27-10-5-21(16-25(27)31)20-37-28-18-30-17-26(33)29(28)22-6-8-23(9-7-22)38-24-4-2-12-32(34)19-24/h2,4-10,12,16,19,26,28-30,33H,3,11,13-15,17-18,20H2,1H3. The number of hydrogen-bond acceptors (Lipinski definition) is 8. The lowest BCUT2D eigenvalue weighted by molar-refractivity contribution is -0.605. The van der Waals surface area contributed by atoms with Crippen molar-refractivity contribution in [1.82, 2.24) is 5.32 Å². The summed E-state index contributed by atoms with van der Waals surface area (Å²) in [6.07, 6.45) is 2.95. The number of ether oxygens (including phenoxy) is 4. The number of aromatic nitrogens is 1. The van der Waals surface area contributed by atoms with E-state index in [9.17, 15) is 10.3 Å². The predicted octanol–water partition coefficient (Wildman–Crippen LogP) is 2.98. The van der Waals surface area contributed by atoms with Gasteiger partial charge < -0.3 is 39.5 Å². The van der Waals surface area contributed by atoms with Crippen molar-refractivity contribution in [2.75, 3.05) is 51.4 Å². The molecule has 0 aliphatic carbocycles. The van der Waals surface area contributed by atoms with E-state index in [1.165, 1.54) is 12.4 Å². The van der Waals surface area contributed by atoms with E-state index in [-0.39, 0.29) is 12.0 Å². The summed E-state index contributed by atoms with van der Waals surface area (Å²) in [5, 5.41) is 25.7. The van der Waals surface area contributed by atoms with Crippen LogP contribution in [-0.4, -0.2) is 63.8 Å². The van der Waals surface area contributed by atoms with Gasteiger partial charge in [-0.05, 0) is 47.9 Å². The predicted molar refractivity (Wildman–Crippen MR) is 143 cm³/mol. The van der Waals surface area contributed by atoms with Crippen LogP contribution < -0.4 is 24.4 Å². The monoisotopic (exact) mass is 521 g/mol. The Morgan fingerprint density at radius 2 is 2.00 bits per heavy atom. The molecule has 1 fully saturated rings. The van der Waals surface area contributed by atoms with Crippen LogP contribution in [0.15, 0.2) is 67.0 Å². The van der Waals surface area contributed by atoms with Crippen LogP contribution in [0.4, 0.5) is 5.69 Å². The highest BCUT2D eigenvalue weighted by atomic mass is 16.5. The molecule has 0 radical (unpaired) electrons. The number of nitrogens with zero attached hydrogens (tertiary/aromatic N) is 2. The largest absolute Gasteiger partial charge is 0.619 e. The van der Waals surface area contributed by atoms with Crippen molar-refractivity contribution in [3.63, 3.8) is 0 Å². The second-order valence-electron chi connectivity index (χ2n) is 9.66. The lowest BCUT2D eigenvalue weighted by Gasteiger charge is -2.36. The zero-order chi connectivity index (χ0) is 26.3. The molecule has 2 aliphatic heterocycles. The third kappa shape index (κ3) is 6.36. The minimum absolute atomic E-state index is 0.183. The third-order valence-electron chi connectivity index (χ3n) is 6.99. The number of anilines is 1. The molecule has 3 aromatic rings. The Labute approximate surface area is 223 Å². The second-order valence-corrected chi connectivity index (χ2v) is 9.66. The Morgan fingerprint density at radius 1 is 1.13 bits per heavy atom. The summed E-state index contributed by atoms with van der Waals surface area (Å²) in [6.45, 7) is 4.75. The molecule has 3 atom stereocenters. The summed E-state index contributed by atoms with van der Waals surface area (Å²) in [5.74, 6) is 1.79. The fourth-order valence-electron chi connectivity index (χ4n) is 5.11. The van der Waals surface area contributed by atoms with Gasteiger partial charge in [0.05, 0.1) is 31.0 Å². The van der Waals surface area contributed by atoms with Crippen LogP contribution >= 0.6 is 0 Å². The fourth-order valence-corrected chi connectivity index (χ4v) is 5.11. The van der Waals surface area contributed by atoms with Gasteiger partial charge in [-0.15, -0.1) is 0 Å². The van der Waals surface area contributed by atoms with Crippen molar-refractivity contribution in [2.45, 2.75) is 31.2 Å². The summed E-state index contributed by atoms with van der Waals surface area (Å²) in [4.78, 5) is 2.34. The number of piperidine rings is 1. The molecule has 1 saturated heterocycles. The van der Waals surface area contributed by atoms with E-state index in [1.807, 2.05) is 36.4 Å². The number of benzene rings is 2. The van der Waals surface area contributed by atoms with Gasteiger partial charge in [-0.1, -0.05) is 18.2 Å². The van der Waals surface area contributed by atoms with Crippen molar-refractivity contribution in [2.24, 2.45) is 0 Å². The Kier molecular flexibility index (Phi) is 8.60. The molecule has 0 saturated carbocycles. The van der Waals surface area contributed by atoms with E-state index >= 15 is 0 Å². The Hall–Kier alpha value is -3.37. The number of nitrogens with one attached hydrogen (secondary N) is 1. The molecule has 3 unspecified atom stereocenters. The fraction of sp³-hybridized carbons (Fsp3) is 0.414. The Bertz CT molecular complexity index is 1190. The molecule has 2 aromatic carbocycles. The molecule has 3 heterocycles. The molecule has 202 valence electrons. The maximum Gasteiger partial charge on any atom is 0.223 e. The van der Waals surface area contributed by atoms with Crippen molar-refractivity contribution in [3.8, 4) is 17.2 Å². The van der Waals surface area contributed by atoms with Gasteiger partial charge in [0.25, 0.3) is 0 Å². The average Bonchev–Trinajstić information content (AvgIpc) is 2.93. The van der Waals surface area contributed by atoms with Crippen LogP contribution in [0, 0.1) is 5.21 Å². The lowest BCUT2D eigenvalue weighted by Crippen LogP contribution is -2.49. The van der Waals surface area contributed by atoms with E-state index in [0.717, 1.165) is 48.7 Å². The molecule has 9 nitrogen and oxygen atoms in total. The molecular weight excluding hydrogens is 486 g/mol.